The van der Waals surface area contributed by atoms with E-state index in [1.165, 1.54) is 0 Å². The number of rotatable bonds is 13. The molecule has 11 heteroatoms. The molecule has 2 heterocycles. The van der Waals surface area contributed by atoms with Gasteiger partial charge in [0.05, 0.1) is 0 Å². The molecule has 0 spiro atoms. The first kappa shape index (κ1) is 23.6. The number of carbonyl (C=O) groups is 4. The predicted octanol–water partition coefficient (Wildman–Crippen LogP) is 0.0637. The van der Waals surface area contributed by atoms with E-state index in [0.717, 1.165) is 38.8 Å². The molecule has 0 aliphatic carbocycles. The van der Waals surface area contributed by atoms with Crippen molar-refractivity contribution in [3.05, 3.63) is 0 Å². The van der Waals surface area contributed by atoms with Crippen LogP contribution in [-0.2, 0) is 24.0 Å². The number of nitrogens with one attached hydrogen (secondary N) is 3. The van der Waals surface area contributed by atoms with Crippen LogP contribution in [0.5, 0.6) is 0 Å². The number of hydrogen-bond acceptors (Lipinski definition) is 9. The summed E-state index contributed by atoms with van der Waals surface area (Å²) in [5, 5.41) is 5.49. The minimum Gasteiger partial charge on any atom is -0.355 e. The molecule has 0 aromatic carbocycles. The number of unbranched alkanes of at least 4 members (excludes halogenated alkanes) is 2. The summed E-state index contributed by atoms with van der Waals surface area (Å²) < 4.78 is 0. The fourth-order valence-corrected chi connectivity index (χ4v) is 3.31. The Morgan fingerprint density at radius 2 is 1.86 bits per heavy atom. The maximum absolute atomic E-state index is 11.7. The standard InChI is InChI=1S/C18H31N5O5S/c24-15(19-10-12-29)6-4-5-14-13-22(21-20-14)11-3-1-2-7-18(27)28-23-16(25)8-9-17(23)26/h14,20-21,29H,1-13H2,(H,19,24). The summed E-state index contributed by atoms with van der Waals surface area (Å²) in [5.74, 6) is -0.743. The van der Waals surface area contributed by atoms with Crippen LogP contribution < -0.4 is 16.3 Å². The van der Waals surface area contributed by atoms with Gasteiger partial charge in [0.1, 0.15) is 0 Å². The zero-order valence-electron chi connectivity index (χ0n) is 16.7. The van der Waals surface area contributed by atoms with Crippen LogP contribution in [0.25, 0.3) is 0 Å². The number of carbonyl (C=O) groups excluding carboxylic acids is 4. The Morgan fingerprint density at radius 3 is 2.59 bits per heavy atom. The van der Waals surface area contributed by atoms with Gasteiger partial charge in [0, 0.05) is 57.1 Å². The minimum atomic E-state index is -0.548. The van der Waals surface area contributed by atoms with Crippen molar-refractivity contribution < 1.29 is 24.0 Å². The van der Waals surface area contributed by atoms with Gasteiger partial charge in [0.2, 0.25) is 5.91 Å². The summed E-state index contributed by atoms with van der Waals surface area (Å²) in [6, 6.07) is 0.304. The van der Waals surface area contributed by atoms with E-state index < -0.39 is 17.8 Å². The molecular formula is C18H31N5O5S. The molecule has 10 nitrogen and oxygen atoms in total. The summed E-state index contributed by atoms with van der Waals surface area (Å²) in [6.07, 6.45) is 5.04. The molecule has 1 atom stereocenters. The van der Waals surface area contributed by atoms with E-state index in [0.29, 0.717) is 36.2 Å². The van der Waals surface area contributed by atoms with Crippen molar-refractivity contribution in [1.29, 1.82) is 0 Å². The van der Waals surface area contributed by atoms with Crippen LogP contribution in [0.15, 0.2) is 0 Å². The summed E-state index contributed by atoms with van der Waals surface area (Å²) in [5.41, 5.74) is 6.36. The molecule has 1 unspecified atom stereocenters. The van der Waals surface area contributed by atoms with Crippen LogP contribution in [0.2, 0.25) is 0 Å². The number of hydrazine groups is 2. The van der Waals surface area contributed by atoms with Gasteiger partial charge in [0.25, 0.3) is 11.8 Å². The molecule has 0 aromatic rings. The first-order valence-electron chi connectivity index (χ1n) is 10.2. The van der Waals surface area contributed by atoms with Gasteiger partial charge in [-0.15, -0.1) is 5.06 Å². The highest BCUT2D eigenvalue weighted by atomic mass is 32.1. The molecule has 0 bridgehead atoms. The number of amides is 3. The van der Waals surface area contributed by atoms with Crippen molar-refractivity contribution in [3.8, 4) is 0 Å². The van der Waals surface area contributed by atoms with Crippen molar-refractivity contribution in [2.75, 3.05) is 25.4 Å². The highest BCUT2D eigenvalue weighted by molar-refractivity contribution is 7.80. The molecule has 2 aliphatic heterocycles. The molecule has 3 N–H and O–H groups in total. The zero-order chi connectivity index (χ0) is 21.1. The molecule has 164 valence electrons. The first-order valence-corrected chi connectivity index (χ1v) is 10.8. The lowest BCUT2D eigenvalue weighted by Crippen LogP contribution is -2.37. The smallest absolute Gasteiger partial charge is 0.333 e. The number of hydrogen-bond donors (Lipinski definition) is 4. The van der Waals surface area contributed by atoms with E-state index in [2.05, 4.69) is 33.9 Å². The summed E-state index contributed by atoms with van der Waals surface area (Å²) in [4.78, 5) is 50.9. The Hall–Kier alpha value is -1.69. The lowest BCUT2D eigenvalue weighted by molar-refractivity contribution is -0.197. The molecule has 2 saturated heterocycles. The van der Waals surface area contributed by atoms with Gasteiger partial charge < -0.3 is 10.2 Å². The Kier molecular flexibility index (Phi) is 10.4. The number of hydroxylamine groups is 2. The fourth-order valence-electron chi connectivity index (χ4n) is 3.20. The van der Waals surface area contributed by atoms with E-state index in [4.69, 9.17) is 4.84 Å². The number of nitrogens with zero attached hydrogens (tertiary/aromatic N) is 2. The van der Waals surface area contributed by atoms with Crippen LogP contribution in [0.4, 0.5) is 0 Å². The second-order valence-corrected chi connectivity index (χ2v) is 7.67. The molecule has 0 saturated carbocycles. The van der Waals surface area contributed by atoms with E-state index in [1.54, 1.807) is 0 Å². The number of thiol groups is 1. The third kappa shape index (κ3) is 8.69. The summed E-state index contributed by atoms with van der Waals surface area (Å²) in [7, 11) is 0. The second kappa shape index (κ2) is 12.8. The Balaban J connectivity index is 1.47. The van der Waals surface area contributed by atoms with Gasteiger partial charge in [0.15, 0.2) is 0 Å². The normalized spacial score (nSPS) is 19.8. The first-order chi connectivity index (χ1) is 14.0. The topological polar surface area (TPSA) is 120 Å². The van der Waals surface area contributed by atoms with Crippen LogP contribution in [-0.4, -0.2) is 65.2 Å². The Labute approximate surface area is 176 Å². The minimum absolute atomic E-state index is 0.0684. The van der Waals surface area contributed by atoms with Crippen molar-refractivity contribution in [2.45, 2.75) is 63.8 Å². The van der Waals surface area contributed by atoms with Crippen molar-refractivity contribution in [2.24, 2.45) is 0 Å². The molecule has 0 radical (unpaired) electrons. The largest absolute Gasteiger partial charge is 0.355 e. The van der Waals surface area contributed by atoms with E-state index in [1.807, 2.05) is 0 Å². The molecule has 2 fully saturated rings. The predicted molar refractivity (Wildman–Crippen MR) is 108 cm³/mol. The van der Waals surface area contributed by atoms with E-state index >= 15 is 0 Å². The maximum Gasteiger partial charge on any atom is 0.333 e. The van der Waals surface area contributed by atoms with Gasteiger partial charge in [-0.3, -0.25) is 14.4 Å². The van der Waals surface area contributed by atoms with E-state index in [9.17, 15) is 19.2 Å². The summed E-state index contributed by atoms with van der Waals surface area (Å²) >= 11 is 4.06. The Morgan fingerprint density at radius 1 is 1.10 bits per heavy atom. The SMILES string of the molecule is O=C(CCCC1CN(CCCCCC(=O)ON2C(=O)CCC2=O)NN1)NCCS. The summed E-state index contributed by atoms with van der Waals surface area (Å²) in [6.45, 7) is 2.30. The quantitative estimate of drug-likeness (QED) is 0.184. The lowest BCUT2D eigenvalue weighted by atomic mass is 10.1. The van der Waals surface area contributed by atoms with Crippen LogP contribution in [0.3, 0.4) is 0 Å². The zero-order valence-corrected chi connectivity index (χ0v) is 17.5. The molecule has 2 rings (SSSR count). The van der Waals surface area contributed by atoms with Gasteiger partial charge in [-0.05, 0) is 25.7 Å². The van der Waals surface area contributed by atoms with Crippen molar-refractivity contribution in [1.82, 2.24) is 26.3 Å². The van der Waals surface area contributed by atoms with Crippen molar-refractivity contribution >= 4 is 36.3 Å². The van der Waals surface area contributed by atoms with Crippen molar-refractivity contribution in [3.63, 3.8) is 0 Å². The third-order valence-electron chi connectivity index (χ3n) is 4.77. The highest BCUT2D eigenvalue weighted by Crippen LogP contribution is 2.14. The average Bonchev–Trinajstić information content (AvgIpc) is 3.27. The van der Waals surface area contributed by atoms with Gasteiger partial charge in [-0.25, -0.2) is 15.2 Å². The monoisotopic (exact) mass is 429 g/mol. The van der Waals surface area contributed by atoms with Crippen LogP contribution in [0.1, 0.15) is 57.8 Å². The second-order valence-electron chi connectivity index (χ2n) is 7.22. The average molecular weight is 430 g/mol. The third-order valence-corrected chi connectivity index (χ3v) is 4.99. The highest BCUT2D eigenvalue weighted by Gasteiger charge is 2.32. The molecule has 2 aliphatic rings. The molecular weight excluding hydrogens is 398 g/mol. The van der Waals surface area contributed by atoms with Crippen LogP contribution in [0, 0.1) is 0 Å². The molecule has 0 aromatic heterocycles. The molecule has 29 heavy (non-hydrogen) atoms. The van der Waals surface area contributed by atoms with Gasteiger partial charge >= 0.3 is 5.97 Å². The lowest BCUT2D eigenvalue weighted by Gasteiger charge is -2.14. The van der Waals surface area contributed by atoms with Gasteiger partial charge in [-0.2, -0.15) is 18.2 Å². The maximum atomic E-state index is 11.7. The van der Waals surface area contributed by atoms with Gasteiger partial charge in [-0.1, -0.05) is 6.42 Å². The fraction of sp³-hybridized carbons (Fsp3) is 0.778. The number of imide groups is 1. The van der Waals surface area contributed by atoms with Crippen LogP contribution >= 0.6 is 12.6 Å². The molecule has 3 amide bonds. The van der Waals surface area contributed by atoms with E-state index in [-0.39, 0.29) is 25.2 Å². The Bertz CT molecular complexity index is 575.